The van der Waals surface area contributed by atoms with E-state index in [4.69, 9.17) is 0 Å². The normalized spacial score (nSPS) is 27.3. The first kappa shape index (κ1) is 13.5. The summed E-state index contributed by atoms with van der Waals surface area (Å²) in [5.41, 5.74) is 0.511. The van der Waals surface area contributed by atoms with E-state index < -0.39 is 11.6 Å². The molecule has 0 atom stereocenters. The molecule has 1 fully saturated rings. The molecule has 1 aromatic rings. The lowest BCUT2D eigenvalue weighted by Gasteiger charge is -2.50. The van der Waals surface area contributed by atoms with Gasteiger partial charge in [-0.1, -0.05) is 19.9 Å². The number of likely N-dealkylation sites (N-methyl/N-ethyl adjacent to an activating group) is 1. The summed E-state index contributed by atoms with van der Waals surface area (Å²) in [6, 6.07) is 3.96. The van der Waals surface area contributed by atoms with Gasteiger partial charge in [-0.3, -0.25) is 0 Å². The van der Waals surface area contributed by atoms with Gasteiger partial charge in [0.05, 0.1) is 0 Å². The van der Waals surface area contributed by atoms with E-state index in [1.54, 1.807) is 6.07 Å². The molecule has 1 aliphatic rings. The van der Waals surface area contributed by atoms with Gasteiger partial charge < -0.3 is 5.32 Å². The maximum Gasteiger partial charge on any atom is 0.129 e. The Morgan fingerprint density at radius 1 is 1.33 bits per heavy atom. The van der Waals surface area contributed by atoms with Gasteiger partial charge >= 0.3 is 0 Å². The molecule has 0 amide bonds. The summed E-state index contributed by atoms with van der Waals surface area (Å²) in [6.45, 7) is 5.16. The molecule has 1 N–H and O–H groups in total. The van der Waals surface area contributed by atoms with E-state index in [-0.39, 0.29) is 5.41 Å². The highest BCUT2D eigenvalue weighted by molar-refractivity contribution is 5.31. The maximum absolute atomic E-state index is 14.0. The average Bonchev–Trinajstić information content (AvgIpc) is 2.23. The molecule has 0 aromatic heterocycles. The highest BCUT2D eigenvalue weighted by atomic mass is 19.1. The molecule has 100 valence electrons. The average molecular weight is 253 g/mol. The molecule has 0 radical (unpaired) electrons. The van der Waals surface area contributed by atoms with Crippen molar-refractivity contribution >= 4 is 0 Å². The minimum absolute atomic E-state index is 0.151. The van der Waals surface area contributed by atoms with Crippen LogP contribution in [0.3, 0.4) is 0 Å². The molecule has 1 nitrogen and oxygen atoms in total. The van der Waals surface area contributed by atoms with Gasteiger partial charge in [-0.15, -0.1) is 0 Å². The zero-order chi connectivity index (χ0) is 13.3. The summed E-state index contributed by atoms with van der Waals surface area (Å²) >= 11 is 0. The lowest BCUT2D eigenvalue weighted by atomic mass is 9.55. The number of rotatable bonds is 4. The molecule has 0 saturated heterocycles. The minimum Gasteiger partial charge on any atom is -0.319 e. The fourth-order valence-electron chi connectivity index (χ4n) is 3.13. The molecule has 0 spiro atoms. The third-order valence-corrected chi connectivity index (χ3v) is 4.27. The summed E-state index contributed by atoms with van der Waals surface area (Å²) in [5.74, 6) is 0.351. The van der Waals surface area contributed by atoms with Crippen molar-refractivity contribution in [3.8, 4) is 0 Å². The Balaban J connectivity index is 2.26. The van der Waals surface area contributed by atoms with Gasteiger partial charge in [-0.05, 0) is 43.4 Å². The maximum atomic E-state index is 14.0. The summed E-state index contributed by atoms with van der Waals surface area (Å²) in [5, 5.41) is 3.15. The summed E-state index contributed by atoms with van der Waals surface area (Å²) in [7, 11) is 1.88. The molecule has 0 unspecified atom stereocenters. The molecule has 0 bridgehead atoms. The summed E-state index contributed by atoms with van der Waals surface area (Å²) < 4.78 is 26.9. The van der Waals surface area contributed by atoms with Gasteiger partial charge in [0.25, 0.3) is 0 Å². The van der Waals surface area contributed by atoms with Gasteiger partial charge in [0.1, 0.15) is 11.6 Å². The van der Waals surface area contributed by atoms with Crippen LogP contribution in [-0.2, 0) is 5.41 Å². The standard InChI is InChI=1S/C15H21F2N/c1-10(2)11-7-15(8-11,9-18-3)13-5-4-12(16)6-14(13)17/h4-6,10-11,18H,7-9H2,1-3H3. The third-order valence-electron chi connectivity index (χ3n) is 4.27. The number of hydrogen-bond acceptors (Lipinski definition) is 1. The second-order valence-electron chi connectivity index (χ2n) is 5.85. The molecule has 1 aromatic carbocycles. The van der Waals surface area contributed by atoms with Gasteiger partial charge in [-0.25, -0.2) is 8.78 Å². The zero-order valence-corrected chi connectivity index (χ0v) is 11.3. The SMILES string of the molecule is CNCC1(c2ccc(F)cc2F)CC(C(C)C)C1. The van der Waals surface area contributed by atoms with E-state index in [0.29, 0.717) is 17.4 Å². The van der Waals surface area contributed by atoms with Crippen molar-refractivity contribution in [2.45, 2.75) is 32.1 Å². The smallest absolute Gasteiger partial charge is 0.129 e. The van der Waals surface area contributed by atoms with E-state index in [1.807, 2.05) is 7.05 Å². The van der Waals surface area contributed by atoms with Crippen LogP contribution in [0.2, 0.25) is 0 Å². The highest BCUT2D eigenvalue weighted by Gasteiger charge is 2.47. The Hall–Kier alpha value is -0.960. The first-order chi connectivity index (χ1) is 8.48. The molecule has 1 saturated carbocycles. The fraction of sp³-hybridized carbons (Fsp3) is 0.600. The summed E-state index contributed by atoms with van der Waals surface area (Å²) in [6.07, 6.45) is 1.96. The Labute approximate surface area is 108 Å². The quantitative estimate of drug-likeness (QED) is 0.866. The summed E-state index contributed by atoms with van der Waals surface area (Å²) in [4.78, 5) is 0. The van der Waals surface area contributed by atoms with Crippen LogP contribution in [0.1, 0.15) is 32.3 Å². The number of nitrogens with one attached hydrogen (secondary N) is 1. The Morgan fingerprint density at radius 2 is 2.00 bits per heavy atom. The molecule has 3 heteroatoms. The van der Waals surface area contributed by atoms with Crippen molar-refractivity contribution in [3.05, 3.63) is 35.4 Å². The molecule has 0 aliphatic heterocycles. The fourth-order valence-corrected chi connectivity index (χ4v) is 3.13. The van der Waals surface area contributed by atoms with Crippen LogP contribution >= 0.6 is 0 Å². The number of hydrogen-bond donors (Lipinski definition) is 1. The van der Waals surface area contributed by atoms with Crippen molar-refractivity contribution in [1.29, 1.82) is 0 Å². The molecule has 1 aliphatic carbocycles. The van der Waals surface area contributed by atoms with Crippen molar-refractivity contribution in [3.63, 3.8) is 0 Å². The second-order valence-corrected chi connectivity index (χ2v) is 5.85. The van der Waals surface area contributed by atoms with E-state index in [9.17, 15) is 8.78 Å². The van der Waals surface area contributed by atoms with E-state index in [2.05, 4.69) is 19.2 Å². The lowest BCUT2D eigenvalue weighted by molar-refractivity contribution is 0.0962. The van der Waals surface area contributed by atoms with Gasteiger partial charge in [0, 0.05) is 18.0 Å². The predicted molar refractivity (Wildman–Crippen MR) is 69.5 cm³/mol. The lowest BCUT2D eigenvalue weighted by Crippen LogP contribution is -2.49. The van der Waals surface area contributed by atoms with Gasteiger partial charge in [-0.2, -0.15) is 0 Å². The van der Waals surface area contributed by atoms with Crippen LogP contribution in [0.15, 0.2) is 18.2 Å². The Kier molecular flexibility index (Phi) is 3.71. The third kappa shape index (κ3) is 2.28. The monoisotopic (exact) mass is 253 g/mol. The minimum atomic E-state index is -0.504. The molecule has 2 rings (SSSR count). The molecule has 18 heavy (non-hydrogen) atoms. The van der Waals surface area contributed by atoms with E-state index >= 15 is 0 Å². The number of benzene rings is 1. The second kappa shape index (κ2) is 4.96. The first-order valence-corrected chi connectivity index (χ1v) is 6.58. The van der Waals surface area contributed by atoms with Crippen molar-refractivity contribution in [2.24, 2.45) is 11.8 Å². The van der Waals surface area contributed by atoms with Gasteiger partial charge in [0.15, 0.2) is 0 Å². The van der Waals surface area contributed by atoms with Gasteiger partial charge in [0.2, 0.25) is 0 Å². The first-order valence-electron chi connectivity index (χ1n) is 6.58. The Bertz CT molecular complexity index is 423. The van der Waals surface area contributed by atoms with Crippen LogP contribution in [-0.4, -0.2) is 13.6 Å². The van der Waals surface area contributed by atoms with Crippen molar-refractivity contribution < 1.29 is 8.78 Å². The largest absolute Gasteiger partial charge is 0.319 e. The van der Waals surface area contributed by atoms with Crippen LogP contribution in [0.5, 0.6) is 0 Å². The molecular weight excluding hydrogens is 232 g/mol. The molecule has 0 heterocycles. The Morgan fingerprint density at radius 3 is 2.50 bits per heavy atom. The van der Waals surface area contributed by atoms with Crippen LogP contribution < -0.4 is 5.32 Å². The zero-order valence-electron chi connectivity index (χ0n) is 11.3. The van der Waals surface area contributed by atoms with Crippen LogP contribution in [0.25, 0.3) is 0 Å². The van der Waals surface area contributed by atoms with E-state index in [1.165, 1.54) is 6.07 Å². The number of halogens is 2. The van der Waals surface area contributed by atoms with Crippen molar-refractivity contribution in [1.82, 2.24) is 5.32 Å². The highest BCUT2D eigenvalue weighted by Crippen LogP contribution is 2.50. The van der Waals surface area contributed by atoms with E-state index in [0.717, 1.165) is 25.5 Å². The molecular formula is C15H21F2N. The van der Waals surface area contributed by atoms with Crippen LogP contribution in [0, 0.1) is 23.5 Å². The predicted octanol–water partition coefficient (Wildman–Crippen LogP) is 3.49. The van der Waals surface area contributed by atoms with Crippen LogP contribution in [0.4, 0.5) is 8.78 Å². The topological polar surface area (TPSA) is 12.0 Å². The van der Waals surface area contributed by atoms with Crippen molar-refractivity contribution in [2.75, 3.05) is 13.6 Å².